The van der Waals surface area contributed by atoms with Crippen molar-refractivity contribution >= 4 is 28.9 Å². The Morgan fingerprint density at radius 2 is 2.18 bits per heavy atom. The topological polar surface area (TPSA) is 40.5 Å². The van der Waals surface area contributed by atoms with Gasteiger partial charge in [-0.15, -0.1) is 11.3 Å². The molecule has 0 saturated heterocycles. The molecule has 0 amide bonds. The zero-order valence-corrected chi connectivity index (χ0v) is 14.7. The number of hydrogen-bond acceptors (Lipinski definition) is 3. The van der Waals surface area contributed by atoms with Gasteiger partial charge in [0.05, 0.1) is 10.7 Å². The van der Waals surface area contributed by atoms with Gasteiger partial charge >= 0.3 is 0 Å². The molecule has 0 aliphatic rings. The summed E-state index contributed by atoms with van der Waals surface area (Å²) in [5.41, 5.74) is 2.21. The average Bonchev–Trinajstić information content (AvgIpc) is 2.91. The maximum atomic E-state index is 6.21. The largest absolute Gasteiger partial charge is 0.356 e. The third kappa shape index (κ3) is 4.71. The van der Waals surface area contributed by atoms with Crippen molar-refractivity contribution in [1.82, 2.24) is 15.2 Å². The molecule has 0 radical (unpaired) electrons. The highest BCUT2D eigenvalue weighted by Gasteiger charge is 2.08. The van der Waals surface area contributed by atoms with Crippen LogP contribution in [0, 0.1) is 6.92 Å². The smallest absolute Gasteiger partial charge is 0.193 e. The van der Waals surface area contributed by atoms with Crippen LogP contribution in [0.5, 0.6) is 0 Å². The van der Waals surface area contributed by atoms with E-state index in [0.29, 0.717) is 0 Å². The lowest BCUT2D eigenvalue weighted by molar-refractivity contribution is 0.477. The van der Waals surface area contributed by atoms with Gasteiger partial charge in [-0.1, -0.05) is 29.8 Å². The summed E-state index contributed by atoms with van der Waals surface area (Å²) in [6.45, 7) is 3.55. The van der Waals surface area contributed by atoms with Gasteiger partial charge in [0, 0.05) is 44.0 Å². The second-order valence-corrected chi connectivity index (χ2v) is 6.50. The van der Waals surface area contributed by atoms with E-state index in [1.54, 1.807) is 18.4 Å². The molecular formula is C16H21ClN4S. The van der Waals surface area contributed by atoms with E-state index in [1.807, 2.05) is 38.2 Å². The highest BCUT2D eigenvalue weighted by molar-refractivity contribution is 7.09. The van der Waals surface area contributed by atoms with Crippen molar-refractivity contribution < 1.29 is 0 Å². The van der Waals surface area contributed by atoms with Crippen LogP contribution >= 0.6 is 22.9 Å². The van der Waals surface area contributed by atoms with E-state index >= 15 is 0 Å². The Labute approximate surface area is 140 Å². The summed E-state index contributed by atoms with van der Waals surface area (Å²) in [4.78, 5) is 10.8. The summed E-state index contributed by atoms with van der Waals surface area (Å²) >= 11 is 7.89. The monoisotopic (exact) mass is 336 g/mol. The Hall–Kier alpha value is -1.59. The minimum atomic E-state index is 0.717. The Bertz CT molecular complexity index is 639. The molecule has 1 N–H and O–H groups in total. The van der Waals surface area contributed by atoms with E-state index < -0.39 is 0 Å². The highest BCUT2D eigenvalue weighted by Crippen LogP contribution is 2.16. The van der Waals surface area contributed by atoms with Gasteiger partial charge in [0.25, 0.3) is 0 Å². The number of thiazole rings is 1. The zero-order valence-electron chi connectivity index (χ0n) is 13.1. The van der Waals surface area contributed by atoms with E-state index in [4.69, 9.17) is 11.6 Å². The highest BCUT2D eigenvalue weighted by atomic mass is 35.5. The molecule has 118 valence electrons. The van der Waals surface area contributed by atoms with Gasteiger partial charge in [-0.2, -0.15) is 0 Å². The lowest BCUT2D eigenvalue weighted by atomic mass is 10.2. The first-order valence-corrected chi connectivity index (χ1v) is 8.42. The van der Waals surface area contributed by atoms with Gasteiger partial charge in [-0.25, -0.2) is 4.98 Å². The number of halogens is 1. The fourth-order valence-electron chi connectivity index (χ4n) is 2.17. The van der Waals surface area contributed by atoms with Gasteiger partial charge in [-0.3, -0.25) is 4.99 Å². The first-order valence-electron chi connectivity index (χ1n) is 7.16. The van der Waals surface area contributed by atoms with E-state index in [9.17, 15) is 0 Å². The Morgan fingerprint density at radius 3 is 2.82 bits per heavy atom. The van der Waals surface area contributed by atoms with E-state index in [1.165, 1.54) is 0 Å². The zero-order chi connectivity index (χ0) is 15.9. The van der Waals surface area contributed by atoms with Crippen molar-refractivity contribution in [3.63, 3.8) is 0 Å². The summed E-state index contributed by atoms with van der Waals surface area (Å²) in [5, 5.41) is 7.36. The van der Waals surface area contributed by atoms with Crippen LogP contribution in [0.4, 0.5) is 0 Å². The predicted octanol–water partition coefficient (Wildman–Crippen LogP) is 3.35. The van der Waals surface area contributed by atoms with Crippen LogP contribution in [0.15, 0.2) is 34.6 Å². The van der Waals surface area contributed by atoms with Crippen LogP contribution in [-0.4, -0.2) is 36.5 Å². The molecule has 1 heterocycles. The SMILES string of the molecule is CN=C(NCCc1csc(C)n1)N(C)Cc1ccccc1Cl. The standard InChI is InChI=1S/C16H21ClN4S/c1-12-20-14(11-22-12)8-9-19-16(18-2)21(3)10-13-6-4-5-7-15(13)17/h4-7,11H,8-10H2,1-3H3,(H,18,19). The number of rotatable bonds is 5. The maximum absolute atomic E-state index is 6.21. The molecule has 0 bridgehead atoms. The fourth-order valence-corrected chi connectivity index (χ4v) is 3.01. The van der Waals surface area contributed by atoms with Gasteiger partial charge in [0.1, 0.15) is 0 Å². The Morgan fingerprint density at radius 1 is 1.41 bits per heavy atom. The molecule has 0 fully saturated rings. The van der Waals surface area contributed by atoms with E-state index in [-0.39, 0.29) is 0 Å². The van der Waals surface area contributed by atoms with Crippen molar-refractivity contribution in [2.75, 3.05) is 20.6 Å². The Balaban J connectivity index is 1.87. The first kappa shape index (κ1) is 16.8. The molecule has 0 aliphatic heterocycles. The number of aryl methyl sites for hydroxylation is 1. The van der Waals surface area contributed by atoms with Gasteiger partial charge in [0.2, 0.25) is 0 Å². The second-order valence-electron chi connectivity index (χ2n) is 5.03. The number of aromatic nitrogens is 1. The van der Waals surface area contributed by atoms with Crippen molar-refractivity contribution in [3.05, 3.63) is 50.9 Å². The van der Waals surface area contributed by atoms with E-state index in [2.05, 4.69) is 25.6 Å². The van der Waals surface area contributed by atoms with Gasteiger partial charge < -0.3 is 10.2 Å². The van der Waals surface area contributed by atoms with Crippen molar-refractivity contribution in [1.29, 1.82) is 0 Å². The molecule has 2 rings (SSSR count). The minimum absolute atomic E-state index is 0.717. The lowest BCUT2D eigenvalue weighted by Gasteiger charge is -2.22. The minimum Gasteiger partial charge on any atom is -0.356 e. The number of nitrogens with zero attached hydrogens (tertiary/aromatic N) is 3. The predicted molar refractivity (Wildman–Crippen MR) is 94.8 cm³/mol. The molecule has 1 aromatic heterocycles. The number of guanidine groups is 1. The first-order chi connectivity index (χ1) is 10.6. The normalized spacial score (nSPS) is 11.5. The van der Waals surface area contributed by atoms with Gasteiger partial charge in [0.15, 0.2) is 5.96 Å². The van der Waals surface area contributed by atoms with Gasteiger partial charge in [-0.05, 0) is 18.6 Å². The Kier molecular flexibility index (Phi) is 6.21. The van der Waals surface area contributed by atoms with Crippen LogP contribution in [0.3, 0.4) is 0 Å². The van der Waals surface area contributed by atoms with Crippen molar-refractivity contribution in [2.24, 2.45) is 4.99 Å². The second kappa shape index (κ2) is 8.15. The quantitative estimate of drug-likeness (QED) is 0.672. The number of nitrogens with one attached hydrogen (secondary N) is 1. The fraction of sp³-hybridized carbons (Fsp3) is 0.375. The van der Waals surface area contributed by atoms with Crippen LogP contribution in [0.2, 0.25) is 5.02 Å². The molecule has 0 spiro atoms. The molecule has 1 aromatic carbocycles. The van der Waals surface area contributed by atoms with E-state index in [0.717, 1.165) is 46.8 Å². The van der Waals surface area contributed by atoms with Crippen LogP contribution in [-0.2, 0) is 13.0 Å². The average molecular weight is 337 g/mol. The number of benzene rings is 1. The molecule has 0 unspecified atom stereocenters. The van der Waals surface area contributed by atoms with Crippen molar-refractivity contribution in [3.8, 4) is 0 Å². The molecule has 0 aliphatic carbocycles. The van der Waals surface area contributed by atoms with Crippen molar-refractivity contribution in [2.45, 2.75) is 19.9 Å². The number of aliphatic imine (C=N–C) groups is 1. The summed E-state index contributed by atoms with van der Waals surface area (Å²) in [5.74, 6) is 0.854. The summed E-state index contributed by atoms with van der Waals surface area (Å²) in [7, 11) is 3.80. The van der Waals surface area contributed by atoms with Crippen LogP contribution in [0.25, 0.3) is 0 Å². The number of hydrogen-bond donors (Lipinski definition) is 1. The molecule has 0 atom stereocenters. The molecule has 6 heteroatoms. The molecular weight excluding hydrogens is 316 g/mol. The molecule has 4 nitrogen and oxygen atoms in total. The lowest BCUT2D eigenvalue weighted by Crippen LogP contribution is -2.39. The molecule has 0 saturated carbocycles. The third-order valence-electron chi connectivity index (χ3n) is 3.27. The summed E-state index contributed by atoms with van der Waals surface area (Å²) < 4.78 is 0. The maximum Gasteiger partial charge on any atom is 0.193 e. The van der Waals surface area contributed by atoms with Crippen LogP contribution < -0.4 is 5.32 Å². The summed E-state index contributed by atoms with van der Waals surface area (Å²) in [6.07, 6.45) is 0.892. The summed E-state index contributed by atoms with van der Waals surface area (Å²) in [6, 6.07) is 7.88. The third-order valence-corrected chi connectivity index (χ3v) is 4.46. The van der Waals surface area contributed by atoms with Crippen LogP contribution in [0.1, 0.15) is 16.3 Å². The molecule has 2 aromatic rings. The molecule has 22 heavy (non-hydrogen) atoms.